The zero-order valence-electron chi connectivity index (χ0n) is 11.7. The molecule has 20 heavy (non-hydrogen) atoms. The Morgan fingerprint density at radius 1 is 1.00 bits per heavy atom. The van der Waals surface area contributed by atoms with Crippen molar-refractivity contribution < 1.29 is 14.6 Å². The third-order valence-electron chi connectivity index (χ3n) is 3.34. The van der Waals surface area contributed by atoms with Crippen LogP contribution in [0.1, 0.15) is 18.1 Å². The quantitative estimate of drug-likeness (QED) is 0.935. The molecule has 0 aromatic heterocycles. The van der Waals surface area contributed by atoms with Gasteiger partial charge >= 0.3 is 0 Å². The summed E-state index contributed by atoms with van der Waals surface area (Å²) in [6, 6.07) is 12.4. The van der Waals surface area contributed by atoms with E-state index >= 15 is 0 Å². The molecule has 2 rings (SSSR count). The molecule has 0 saturated heterocycles. The zero-order valence-corrected chi connectivity index (χ0v) is 12.4. The maximum Gasteiger partial charge on any atom is 0.125 e. The number of halogens is 1. The van der Waals surface area contributed by atoms with Crippen LogP contribution in [0.15, 0.2) is 42.5 Å². The lowest BCUT2D eigenvalue weighted by Crippen LogP contribution is -2.23. The van der Waals surface area contributed by atoms with Gasteiger partial charge in [0.2, 0.25) is 0 Å². The number of ether oxygens (including phenoxy) is 2. The van der Waals surface area contributed by atoms with Crippen LogP contribution < -0.4 is 9.47 Å². The van der Waals surface area contributed by atoms with E-state index < -0.39 is 5.60 Å². The van der Waals surface area contributed by atoms with Gasteiger partial charge in [0, 0.05) is 10.6 Å². The highest BCUT2D eigenvalue weighted by Gasteiger charge is 2.29. The lowest BCUT2D eigenvalue weighted by atomic mass is 9.87. The Labute approximate surface area is 123 Å². The van der Waals surface area contributed by atoms with Gasteiger partial charge in [0.1, 0.15) is 17.1 Å². The van der Waals surface area contributed by atoms with Crippen molar-refractivity contribution in [3.63, 3.8) is 0 Å². The van der Waals surface area contributed by atoms with Crippen molar-refractivity contribution in [3.05, 3.63) is 58.6 Å². The van der Waals surface area contributed by atoms with E-state index in [1.807, 2.05) is 12.1 Å². The maximum atomic E-state index is 10.9. The van der Waals surface area contributed by atoms with Crippen molar-refractivity contribution >= 4 is 11.6 Å². The molecule has 0 fully saturated rings. The van der Waals surface area contributed by atoms with Crippen molar-refractivity contribution in [2.24, 2.45) is 0 Å². The molecule has 0 aliphatic heterocycles. The molecule has 0 amide bonds. The van der Waals surface area contributed by atoms with E-state index in [0.717, 1.165) is 11.3 Å². The van der Waals surface area contributed by atoms with E-state index in [1.165, 1.54) is 0 Å². The Morgan fingerprint density at radius 3 is 2.20 bits per heavy atom. The lowest BCUT2D eigenvalue weighted by molar-refractivity contribution is 0.0989. The van der Waals surface area contributed by atoms with E-state index in [4.69, 9.17) is 21.1 Å². The van der Waals surface area contributed by atoms with Gasteiger partial charge in [-0.25, -0.2) is 0 Å². The van der Waals surface area contributed by atoms with Crippen molar-refractivity contribution in [1.82, 2.24) is 0 Å². The Bertz CT molecular complexity index is 591. The molecule has 0 radical (unpaired) electrons. The molecule has 0 aliphatic carbocycles. The molecule has 3 nitrogen and oxygen atoms in total. The van der Waals surface area contributed by atoms with Crippen LogP contribution >= 0.6 is 11.6 Å². The van der Waals surface area contributed by atoms with E-state index in [1.54, 1.807) is 51.5 Å². The van der Waals surface area contributed by atoms with Crippen molar-refractivity contribution in [2.75, 3.05) is 14.2 Å². The summed E-state index contributed by atoms with van der Waals surface area (Å²) in [5.74, 6) is 1.33. The fourth-order valence-electron chi connectivity index (χ4n) is 2.13. The summed E-state index contributed by atoms with van der Waals surface area (Å²) >= 11 is 6.03. The van der Waals surface area contributed by atoms with Crippen LogP contribution in [0.25, 0.3) is 0 Å². The van der Waals surface area contributed by atoms with Gasteiger partial charge in [0.25, 0.3) is 0 Å². The van der Waals surface area contributed by atoms with Gasteiger partial charge in [-0.15, -0.1) is 0 Å². The second-order valence-electron chi connectivity index (χ2n) is 4.65. The van der Waals surface area contributed by atoms with Gasteiger partial charge in [-0.1, -0.05) is 23.7 Å². The van der Waals surface area contributed by atoms with Crippen LogP contribution in [0.3, 0.4) is 0 Å². The summed E-state index contributed by atoms with van der Waals surface area (Å²) in [7, 11) is 3.17. The largest absolute Gasteiger partial charge is 0.497 e. The Hall–Kier alpha value is -1.71. The van der Waals surface area contributed by atoms with Gasteiger partial charge in [-0.3, -0.25) is 0 Å². The number of hydrogen-bond acceptors (Lipinski definition) is 3. The van der Waals surface area contributed by atoms with E-state index in [0.29, 0.717) is 16.3 Å². The van der Waals surface area contributed by atoms with E-state index in [9.17, 15) is 5.11 Å². The summed E-state index contributed by atoms with van der Waals surface area (Å²) < 4.78 is 10.4. The highest BCUT2D eigenvalue weighted by atomic mass is 35.5. The first-order valence-corrected chi connectivity index (χ1v) is 6.57. The van der Waals surface area contributed by atoms with Crippen LogP contribution in [0.4, 0.5) is 0 Å². The molecule has 4 heteroatoms. The highest BCUT2D eigenvalue weighted by Crippen LogP contribution is 2.37. The van der Waals surface area contributed by atoms with Gasteiger partial charge in [0.15, 0.2) is 0 Å². The zero-order chi connectivity index (χ0) is 14.8. The minimum Gasteiger partial charge on any atom is -0.497 e. The summed E-state index contributed by atoms with van der Waals surface area (Å²) in [4.78, 5) is 0. The summed E-state index contributed by atoms with van der Waals surface area (Å²) in [5, 5.41) is 11.4. The fourth-order valence-corrected chi connectivity index (χ4v) is 2.30. The number of rotatable bonds is 4. The molecule has 1 atom stereocenters. The van der Waals surface area contributed by atoms with Crippen LogP contribution in [0.2, 0.25) is 5.02 Å². The molecule has 2 aromatic carbocycles. The fraction of sp³-hybridized carbons (Fsp3) is 0.250. The normalized spacial score (nSPS) is 13.7. The van der Waals surface area contributed by atoms with Gasteiger partial charge in [-0.05, 0) is 42.8 Å². The first-order chi connectivity index (χ1) is 9.48. The molecule has 0 saturated carbocycles. The molecule has 0 heterocycles. The Balaban J connectivity index is 2.50. The number of methoxy groups -OCH3 is 2. The summed E-state index contributed by atoms with van der Waals surface area (Å²) in [6.07, 6.45) is 0. The first kappa shape index (κ1) is 14.7. The smallest absolute Gasteiger partial charge is 0.125 e. The number of aliphatic hydroxyl groups is 1. The SMILES string of the molecule is COc1ccc(C(C)(O)c2cc(Cl)ccc2OC)cc1. The second-order valence-corrected chi connectivity index (χ2v) is 5.08. The molecule has 0 bridgehead atoms. The molecular formula is C16H17ClO3. The molecule has 106 valence electrons. The predicted molar refractivity (Wildman–Crippen MR) is 79.7 cm³/mol. The highest BCUT2D eigenvalue weighted by molar-refractivity contribution is 6.30. The number of benzene rings is 2. The summed E-state index contributed by atoms with van der Waals surface area (Å²) in [5.41, 5.74) is 0.152. The maximum absolute atomic E-state index is 10.9. The molecule has 1 unspecified atom stereocenters. The molecule has 0 aliphatic rings. The van der Waals surface area contributed by atoms with Crippen LogP contribution in [0, 0.1) is 0 Å². The minimum absolute atomic E-state index is 0.551. The number of hydrogen-bond donors (Lipinski definition) is 1. The average molecular weight is 293 g/mol. The van der Waals surface area contributed by atoms with Crippen LogP contribution in [-0.4, -0.2) is 19.3 Å². The standard InChI is InChI=1S/C16H17ClO3/c1-16(18,11-4-7-13(19-2)8-5-11)14-10-12(17)6-9-15(14)20-3/h4-10,18H,1-3H3. The lowest BCUT2D eigenvalue weighted by Gasteiger charge is -2.26. The van der Waals surface area contributed by atoms with Crippen molar-refractivity contribution in [2.45, 2.75) is 12.5 Å². The van der Waals surface area contributed by atoms with Gasteiger partial charge in [-0.2, -0.15) is 0 Å². The molecule has 1 N–H and O–H groups in total. The predicted octanol–water partition coefficient (Wildman–Crippen LogP) is 3.61. The molecular weight excluding hydrogens is 276 g/mol. The first-order valence-electron chi connectivity index (χ1n) is 6.20. The third kappa shape index (κ3) is 2.74. The Kier molecular flexibility index (Phi) is 4.21. The van der Waals surface area contributed by atoms with Crippen LogP contribution in [0.5, 0.6) is 11.5 Å². The molecule has 2 aromatic rings. The van der Waals surface area contributed by atoms with Crippen molar-refractivity contribution in [3.8, 4) is 11.5 Å². The Morgan fingerprint density at radius 2 is 1.65 bits per heavy atom. The van der Waals surface area contributed by atoms with Gasteiger partial charge < -0.3 is 14.6 Å². The monoisotopic (exact) mass is 292 g/mol. The van der Waals surface area contributed by atoms with Crippen LogP contribution in [-0.2, 0) is 5.60 Å². The van der Waals surface area contributed by atoms with Gasteiger partial charge in [0.05, 0.1) is 14.2 Å². The third-order valence-corrected chi connectivity index (χ3v) is 3.57. The summed E-state index contributed by atoms with van der Waals surface area (Å²) in [6.45, 7) is 1.71. The van der Waals surface area contributed by atoms with E-state index in [2.05, 4.69) is 0 Å². The molecule has 0 spiro atoms. The average Bonchev–Trinajstić information content (AvgIpc) is 2.47. The minimum atomic E-state index is -1.21. The topological polar surface area (TPSA) is 38.7 Å². The van der Waals surface area contributed by atoms with E-state index in [-0.39, 0.29) is 0 Å². The second kappa shape index (κ2) is 5.73. The van der Waals surface area contributed by atoms with Crippen molar-refractivity contribution in [1.29, 1.82) is 0 Å².